The molecule has 0 aliphatic rings. The summed E-state index contributed by atoms with van der Waals surface area (Å²) in [4.78, 5) is 3.80. The molecule has 1 N–H and O–H groups in total. The van der Waals surface area contributed by atoms with Crippen molar-refractivity contribution < 1.29 is 5.06 Å². The number of aromatic nitrogens is 1. The van der Waals surface area contributed by atoms with Gasteiger partial charge in [0.15, 0.2) is 10.8 Å². The lowest BCUT2D eigenvalue weighted by Gasteiger charge is -2.22. The molecular weight excluding hydrogens is 211 g/mol. The zero-order valence-electron chi connectivity index (χ0n) is 7.18. The van der Waals surface area contributed by atoms with Gasteiger partial charge in [0.1, 0.15) is 5.02 Å². The third kappa shape index (κ3) is 2.54. The Morgan fingerprint density at radius 3 is 2.77 bits per heavy atom. The van der Waals surface area contributed by atoms with E-state index < -0.39 is 0 Å². The summed E-state index contributed by atoms with van der Waals surface area (Å²) < 4.78 is 0. The van der Waals surface area contributed by atoms with E-state index in [4.69, 9.17) is 23.2 Å². The number of pyridine rings is 1. The van der Waals surface area contributed by atoms with E-state index in [1.165, 1.54) is 6.20 Å². The van der Waals surface area contributed by atoms with Crippen LogP contribution in [0.25, 0.3) is 0 Å². The average Bonchev–Trinajstić information content (AvgIpc) is 2.04. The highest BCUT2D eigenvalue weighted by Gasteiger charge is 2.13. The first-order valence-electron chi connectivity index (χ1n) is 4.00. The van der Waals surface area contributed by atoms with Crippen LogP contribution in [0.1, 0.15) is 13.3 Å². The Bertz CT molecular complexity index is 273. The second kappa shape index (κ2) is 4.77. The van der Waals surface area contributed by atoms with Crippen LogP contribution in [-0.4, -0.2) is 11.5 Å². The van der Waals surface area contributed by atoms with E-state index in [9.17, 15) is 5.21 Å². The quantitative estimate of drug-likeness (QED) is 0.624. The third-order valence-electron chi connectivity index (χ3n) is 1.61. The number of rotatable bonds is 3. The Hall–Kier alpha value is -0.350. The molecule has 3 nitrogen and oxygen atoms in total. The number of hydroxylamine groups is 1. The van der Waals surface area contributed by atoms with Crippen molar-refractivity contribution in [1.29, 1.82) is 0 Å². The SMILES string of the molecule is CCC[NH+]([O-])c1c(Cl)ccnc1Cl. The Labute approximate surface area is 86.9 Å². The molecule has 72 valence electrons. The monoisotopic (exact) mass is 220 g/mol. The van der Waals surface area contributed by atoms with Gasteiger partial charge >= 0.3 is 0 Å². The first-order chi connectivity index (χ1) is 6.16. The van der Waals surface area contributed by atoms with Gasteiger partial charge in [-0.2, -0.15) is 0 Å². The summed E-state index contributed by atoms with van der Waals surface area (Å²) in [5.41, 5.74) is 0.340. The fraction of sp³-hybridized carbons (Fsp3) is 0.375. The molecule has 5 heteroatoms. The zero-order chi connectivity index (χ0) is 9.84. The van der Waals surface area contributed by atoms with Crippen LogP contribution in [0, 0.1) is 5.21 Å². The van der Waals surface area contributed by atoms with E-state index in [0.29, 0.717) is 17.3 Å². The van der Waals surface area contributed by atoms with E-state index in [-0.39, 0.29) is 10.2 Å². The fourth-order valence-electron chi connectivity index (χ4n) is 1.01. The van der Waals surface area contributed by atoms with Crippen molar-refractivity contribution >= 4 is 28.9 Å². The molecule has 0 saturated carbocycles. The van der Waals surface area contributed by atoms with Crippen LogP contribution in [0.15, 0.2) is 12.3 Å². The van der Waals surface area contributed by atoms with Crippen LogP contribution in [0.5, 0.6) is 0 Å². The van der Waals surface area contributed by atoms with Gasteiger partial charge in [0.05, 0.1) is 6.54 Å². The molecular formula is C8H10Cl2N2O. The first-order valence-corrected chi connectivity index (χ1v) is 4.75. The predicted molar refractivity (Wildman–Crippen MR) is 53.4 cm³/mol. The lowest BCUT2D eigenvalue weighted by atomic mass is 10.4. The van der Waals surface area contributed by atoms with Crippen LogP contribution < -0.4 is 5.06 Å². The maximum absolute atomic E-state index is 11.5. The van der Waals surface area contributed by atoms with Crippen LogP contribution >= 0.6 is 23.2 Å². The van der Waals surface area contributed by atoms with Crippen molar-refractivity contribution in [3.05, 3.63) is 27.6 Å². The highest BCUT2D eigenvalue weighted by atomic mass is 35.5. The van der Waals surface area contributed by atoms with Crippen LogP contribution in [0.2, 0.25) is 10.2 Å². The minimum atomic E-state index is -0.0504. The molecule has 0 amide bonds. The van der Waals surface area contributed by atoms with Crippen molar-refractivity contribution in [2.45, 2.75) is 13.3 Å². The van der Waals surface area contributed by atoms with Gasteiger partial charge in [-0.15, -0.1) is 0 Å². The Kier molecular flexibility index (Phi) is 3.93. The number of nitrogens with one attached hydrogen (secondary N) is 1. The maximum atomic E-state index is 11.5. The summed E-state index contributed by atoms with van der Waals surface area (Å²) >= 11 is 11.6. The van der Waals surface area contributed by atoms with Crippen molar-refractivity contribution in [3.63, 3.8) is 0 Å². The van der Waals surface area contributed by atoms with Crippen molar-refractivity contribution in [2.24, 2.45) is 0 Å². The number of hydrogen-bond donors (Lipinski definition) is 1. The molecule has 0 spiro atoms. The molecule has 13 heavy (non-hydrogen) atoms. The number of quaternary nitrogens is 1. The molecule has 1 aromatic heterocycles. The lowest BCUT2D eigenvalue weighted by Crippen LogP contribution is -3.02. The summed E-state index contributed by atoms with van der Waals surface area (Å²) in [6.07, 6.45) is 2.26. The van der Waals surface area contributed by atoms with Gasteiger partial charge in [-0.1, -0.05) is 30.1 Å². The van der Waals surface area contributed by atoms with Gasteiger partial charge in [0.25, 0.3) is 0 Å². The van der Waals surface area contributed by atoms with E-state index in [1.807, 2.05) is 6.92 Å². The van der Waals surface area contributed by atoms with Gasteiger partial charge in [-0.05, 0) is 12.5 Å². The lowest BCUT2D eigenvalue weighted by molar-refractivity contribution is -0.776. The molecule has 0 aromatic carbocycles. The molecule has 0 aliphatic carbocycles. The summed E-state index contributed by atoms with van der Waals surface area (Å²) in [5, 5.41) is 12.0. The number of nitrogens with zero attached hydrogens (tertiary/aromatic N) is 1. The second-order valence-electron chi connectivity index (χ2n) is 2.63. The number of hydrogen-bond acceptors (Lipinski definition) is 2. The van der Waals surface area contributed by atoms with Gasteiger partial charge in [-0.25, -0.2) is 4.98 Å². The topological polar surface area (TPSA) is 40.4 Å². The minimum absolute atomic E-state index is 0.0504. The number of halogens is 2. The van der Waals surface area contributed by atoms with Crippen molar-refractivity contribution in [3.8, 4) is 0 Å². The third-order valence-corrected chi connectivity index (χ3v) is 2.21. The highest BCUT2D eigenvalue weighted by Crippen LogP contribution is 2.23. The molecule has 0 saturated heterocycles. The molecule has 0 bridgehead atoms. The van der Waals surface area contributed by atoms with Crippen molar-refractivity contribution in [2.75, 3.05) is 6.54 Å². The molecule has 0 radical (unpaired) electrons. The van der Waals surface area contributed by atoms with Gasteiger partial charge in [0, 0.05) is 6.20 Å². The van der Waals surface area contributed by atoms with E-state index in [0.717, 1.165) is 6.42 Å². The summed E-state index contributed by atoms with van der Waals surface area (Å²) in [6, 6.07) is 1.57. The Morgan fingerprint density at radius 1 is 1.54 bits per heavy atom. The average molecular weight is 221 g/mol. The van der Waals surface area contributed by atoms with Crippen LogP contribution in [0.4, 0.5) is 5.69 Å². The molecule has 1 unspecified atom stereocenters. The molecule has 1 atom stereocenters. The summed E-state index contributed by atoms with van der Waals surface area (Å²) in [7, 11) is 0. The Morgan fingerprint density at radius 2 is 2.23 bits per heavy atom. The van der Waals surface area contributed by atoms with Gasteiger partial charge < -0.3 is 10.3 Å². The molecule has 0 fully saturated rings. The van der Waals surface area contributed by atoms with E-state index >= 15 is 0 Å². The van der Waals surface area contributed by atoms with E-state index in [1.54, 1.807) is 6.07 Å². The zero-order valence-corrected chi connectivity index (χ0v) is 8.69. The summed E-state index contributed by atoms with van der Waals surface area (Å²) in [5.74, 6) is 0. The van der Waals surface area contributed by atoms with Gasteiger partial charge in [-0.3, -0.25) is 0 Å². The first kappa shape index (κ1) is 10.7. The maximum Gasteiger partial charge on any atom is 0.192 e. The normalized spacial score (nSPS) is 12.9. The van der Waals surface area contributed by atoms with Crippen LogP contribution in [0.3, 0.4) is 0 Å². The predicted octanol–water partition coefficient (Wildman–Crippen LogP) is 1.81. The minimum Gasteiger partial charge on any atom is -0.629 e. The molecule has 1 aromatic rings. The summed E-state index contributed by atoms with van der Waals surface area (Å²) in [6.45, 7) is 2.38. The Balaban J connectivity index is 2.98. The van der Waals surface area contributed by atoms with E-state index in [2.05, 4.69) is 4.98 Å². The largest absolute Gasteiger partial charge is 0.629 e. The molecule has 1 rings (SSSR count). The van der Waals surface area contributed by atoms with Crippen molar-refractivity contribution in [1.82, 2.24) is 4.98 Å². The second-order valence-corrected chi connectivity index (χ2v) is 3.40. The van der Waals surface area contributed by atoms with Gasteiger partial charge in [0.2, 0.25) is 0 Å². The smallest absolute Gasteiger partial charge is 0.192 e. The standard InChI is InChI=1S/C8H10Cl2N2O/c1-2-5-12(13)7-6(9)3-4-11-8(7)10/h3-4,12H,2,5H2,1H3. The van der Waals surface area contributed by atoms with Crippen LogP contribution in [-0.2, 0) is 0 Å². The molecule has 1 heterocycles. The fourth-order valence-corrected chi connectivity index (χ4v) is 1.58. The molecule has 0 aliphatic heterocycles. The highest BCUT2D eigenvalue weighted by molar-refractivity contribution is 6.37.